The molecule has 2 aliphatic heterocycles. The molecule has 2 aliphatic rings. The van der Waals surface area contributed by atoms with Crippen LogP contribution in [0.3, 0.4) is 0 Å². The maximum atomic E-state index is 11.7. The first kappa shape index (κ1) is 14.0. The van der Waals surface area contributed by atoms with Crippen molar-refractivity contribution in [2.75, 3.05) is 19.6 Å². The predicted molar refractivity (Wildman–Crippen MR) is 74.7 cm³/mol. The van der Waals surface area contributed by atoms with Gasteiger partial charge in [-0.25, -0.2) is 0 Å². The van der Waals surface area contributed by atoms with E-state index < -0.39 is 0 Å². The number of hydrogen-bond donors (Lipinski definition) is 0. The summed E-state index contributed by atoms with van der Waals surface area (Å²) in [6.07, 6.45) is 3.42. The van der Waals surface area contributed by atoms with Crippen molar-refractivity contribution in [3.63, 3.8) is 0 Å². The van der Waals surface area contributed by atoms with Crippen LogP contribution < -0.4 is 0 Å². The van der Waals surface area contributed by atoms with Crippen molar-refractivity contribution in [1.82, 2.24) is 9.80 Å². The van der Waals surface area contributed by atoms with Gasteiger partial charge in [0.15, 0.2) is 0 Å². The Hall–Kier alpha value is -0.410. The molecular formula is C15H28N2O. The highest BCUT2D eigenvalue weighted by Crippen LogP contribution is 2.31. The summed E-state index contributed by atoms with van der Waals surface area (Å²) in [5.41, 5.74) is 0. The standard InChI is InChI=1S/C15H28N2O/c1-11(2)15(18)7-8-16-9-13-5-6-14(10-16)17(13)12(3)4/h11-14H,5-10H2,1-4H3. The van der Waals surface area contributed by atoms with Crippen LogP contribution in [0, 0.1) is 5.92 Å². The van der Waals surface area contributed by atoms with E-state index in [2.05, 4.69) is 23.6 Å². The summed E-state index contributed by atoms with van der Waals surface area (Å²) in [5, 5.41) is 0. The zero-order chi connectivity index (χ0) is 13.3. The van der Waals surface area contributed by atoms with E-state index in [0.717, 1.165) is 25.0 Å². The summed E-state index contributed by atoms with van der Waals surface area (Å²) < 4.78 is 0. The van der Waals surface area contributed by atoms with Gasteiger partial charge in [-0.1, -0.05) is 13.8 Å². The Morgan fingerprint density at radius 2 is 1.67 bits per heavy atom. The molecule has 2 fully saturated rings. The molecule has 0 aliphatic carbocycles. The second-order valence-electron chi connectivity index (χ2n) is 6.56. The van der Waals surface area contributed by atoms with Crippen molar-refractivity contribution >= 4 is 5.78 Å². The molecule has 0 N–H and O–H groups in total. The molecule has 2 heterocycles. The molecule has 2 unspecified atom stereocenters. The van der Waals surface area contributed by atoms with E-state index >= 15 is 0 Å². The normalized spacial score (nSPS) is 29.4. The molecule has 0 radical (unpaired) electrons. The molecule has 0 aromatic heterocycles. The van der Waals surface area contributed by atoms with Gasteiger partial charge in [0.2, 0.25) is 0 Å². The smallest absolute Gasteiger partial charge is 0.136 e. The van der Waals surface area contributed by atoms with E-state index in [1.165, 1.54) is 25.9 Å². The van der Waals surface area contributed by atoms with E-state index in [1.54, 1.807) is 0 Å². The molecule has 2 rings (SSSR count). The number of likely N-dealkylation sites (tertiary alicyclic amines) is 1. The molecule has 0 aromatic rings. The van der Waals surface area contributed by atoms with Crippen LogP contribution in [-0.4, -0.2) is 53.3 Å². The van der Waals surface area contributed by atoms with Crippen LogP contribution in [0.1, 0.15) is 47.0 Å². The maximum absolute atomic E-state index is 11.7. The monoisotopic (exact) mass is 252 g/mol. The number of carbonyl (C=O) groups is 1. The Labute approximate surface area is 112 Å². The summed E-state index contributed by atoms with van der Waals surface area (Å²) in [4.78, 5) is 16.9. The Kier molecular flexibility index (Phi) is 4.44. The Balaban J connectivity index is 1.84. The molecule has 2 atom stereocenters. The van der Waals surface area contributed by atoms with Crippen molar-refractivity contribution < 1.29 is 4.79 Å². The van der Waals surface area contributed by atoms with Gasteiger partial charge in [-0.3, -0.25) is 14.6 Å². The molecule has 3 heteroatoms. The molecule has 18 heavy (non-hydrogen) atoms. The van der Waals surface area contributed by atoms with Gasteiger partial charge in [0.05, 0.1) is 0 Å². The quantitative estimate of drug-likeness (QED) is 0.749. The third-order valence-corrected chi connectivity index (χ3v) is 4.53. The van der Waals surface area contributed by atoms with Crippen LogP contribution >= 0.6 is 0 Å². The maximum Gasteiger partial charge on any atom is 0.136 e. The summed E-state index contributed by atoms with van der Waals surface area (Å²) in [5.74, 6) is 0.604. The van der Waals surface area contributed by atoms with E-state index in [-0.39, 0.29) is 5.92 Å². The van der Waals surface area contributed by atoms with Crippen LogP contribution in [0.5, 0.6) is 0 Å². The lowest BCUT2D eigenvalue weighted by molar-refractivity contribution is -0.122. The van der Waals surface area contributed by atoms with Gasteiger partial charge in [0.25, 0.3) is 0 Å². The van der Waals surface area contributed by atoms with Crippen molar-refractivity contribution in [2.24, 2.45) is 5.92 Å². The van der Waals surface area contributed by atoms with Crippen LogP contribution in [0.2, 0.25) is 0 Å². The highest BCUT2D eigenvalue weighted by atomic mass is 16.1. The van der Waals surface area contributed by atoms with Gasteiger partial charge in [-0.05, 0) is 26.7 Å². The molecule has 0 saturated carbocycles. The zero-order valence-corrected chi connectivity index (χ0v) is 12.4. The lowest BCUT2D eigenvalue weighted by Crippen LogP contribution is -2.56. The highest BCUT2D eigenvalue weighted by Gasteiger charge is 2.40. The van der Waals surface area contributed by atoms with Gasteiger partial charge < -0.3 is 0 Å². The first-order valence-corrected chi connectivity index (χ1v) is 7.51. The van der Waals surface area contributed by atoms with Gasteiger partial charge in [0.1, 0.15) is 5.78 Å². The van der Waals surface area contributed by atoms with Gasteiger partial charge >= 0.3 is 0 Å². The second-order valence-corrected chi connectivity index (χ2v) is 6.56. The minimum Gasteiger partial charge on any atom is -0.300 e. The fourth-order valence-corrected chi connectivity index (χ4v) is 3.61. The number of ketones is 1. The summed E-state index contributed by atoms with van der Waals surface area (Å²) >= 11 is 0. The Morgan fingerprint density at radius 3 is 2.11 bits per heavy atom. The Morgan fingerprint density at radius 1 is 1.11 bits per heavy atom. The second kappa shape index (κ2) is 5.70. The fraction of sp³-hybridized carbons (Fsp3) is 0.933. The minimum absolute atomic E-state index is 0.193. The Bertz CT molecular complexity index is 287. The molecular weight excluding hydrogens is 224 g/mol. The highest BCUT2D eigenvalue weighted by molar-refractivity contribution is 5.80. The number of fused-ring (bicyclic) bond motifs is 2. The SMILES string of the molecule is CC(C)C(=O)CCN1CC2CCC(C1)N2C(C)C. The predicted octanol–water partition coefficient (Wildman–Crippen LogP) is 2.16. The first-order valence-electron chi connectivity index (χ1n) is 7.51. The first-order chi connectivity index (χ1) is 8.49. The van der Waals surface area contributed by atoms with Crippen molar-refractivity contribution in [2.45, 2.75) is 65.1 Å². The fourth-order valence-electron chi connectivity index (χ4n) is 3.61. The van der Waals surface area contributed by atoms with Crippen molar-refractivity contribution in [3.8, 4) is 0 Å². The number of hydrogen-bond acceptors (Lipinski definition) is 3. The molecule has 0 aromatic carbocycles. The third kappa shape index (κ3) is 2.94. The molecule has 2 bridgehead atoms. The van der Waals surface area contributed by atoms with Crippen LogP contribution in [-0.2, 0) is 4.79 Å². The molecule has 0 spiro atoms. The van der Waals surface area contributed by atoms with Crippen molar-refractivity contribution in [1.29, 1.82) is 0 Å². The van der Waals surface area contributed by atoms with Gasteiger partial charge in [-0.2, -0.15) is 0 Å². The van der Waals surface area contributed by atoms with E-state index in [1.807, 2.05) is 13.8 Å². The lowest BCUT2D eigenvalue weighted by Gasteiger charge is -2.43. The zero-order valence-electron chi connectivity index (χ0n) is 12.4. The van der Waals surface area contributed by atoms with Crippen LogP contribution in [0.15, 0.2) is 0 Å². The minimum atomic E-state index is 0.193. The summed E-state index contributed by atoms with van der Waals surface area (Å²) in [6.45, 7) is 11.9. The number of carbonyl (C=O) groups excluding carboxylic acids is 1. The van der Waals surface area contributed by atoms with Crippen molar-refractivity contribution in [3.05, 3.63) is 0 Å². The lowest BCUT2D eigenvalue weighted by atomic mass is 10.1. The van der Waals surface area contributed by atoms with E-state index in [9.17, 15) is 4.79 Å². The third-order valence-electron chi connectivity index (χ3n) is 4.53. The van der Waals surface area contributed by atoms with Crippen LogP contribution in [0.4, 0.5) is 0 Å². The molecule has 3 nitrogen and oxygen atoms in total. The number of rotatable bonds is 5. The molecule has 2 saturated heterocycles. The van der Waals surface area contributed by atoms with Gasteiger partial charge in [0, 0.05) is 50.1 Å². The average Bonchev–Trinajstić information content (AvgIpc) is 2.58. The number of piperazine rings is 1. The average molecular weight is 252 g/mol. The number of Topliss-reactive ketones (excluding diaryl/α,β-unsaturated/α-hetero) is 1. The summed E-state index contributed by atoms with van der Waals surface area (Å²) in [7, 11) is 0. The molecule has 0 amide bonds. The van der Waals surface area contributed by atoms with Crippen LogP contribution in [0.25, 0.3) is 0 Å². The topological polar surface area (TPSA) is 23.6 Å². The van der Waals surface area contributed by atoms with E-state index in [0.29, 0.717) is 11.8 Å². The number of nitrogens with zero attached hydrogens (tertiary/aromatic N) is 2. The van der Waals surface area contributed by atoms with Gasteiger partial charge in [-0.15, -0.1) is 0 Å². The van der Waals surface area contributed by atoms with E-state index in [4.69, 9.17) is 0 Å². The molecule has 104 valence electrons. The summed E-state index contributed by atoms with van der Waals surface area (Å²) in [6, 6.07) is 2.14. The largest absolute Gasteiger partial charge is 0.300 e.